The van der Waals surface area contributed by atoms with Crippen molar-refractivity contribution in [1.82, 2.24) is 15.6 Å². The molecule has 1 unspecified atom stereocenters. The lowest BCUT2D eigenvalue weighted by molar-refractivity contribution is -0.153. The third-order valence-corrected chi connectivity index (χ3v) is 12.9. The first-order chi connectivity index (χ1) is 25.2. The number of benzene rings is 3. The lowest BCUT2D eigenvalue weighted by Gasteiger charge is -2.35. The number of allylic oxidation sites excluding steroid dienone is 1. The molecule has 4 bridgehead atoms. The van der Waals surface area contributed by atoms with Crippen LogP contribution in [0.3, 0.4) is 0 Å². The number of unbranched alkanes of at least 4 members (excludes halogenated alkanes) is 1. The van der Waals surface area contributed by atoms with E-state index in [-0.39, 0.29) is 30.7 Å². The molecule has 270 valence electrons. The number of nitrogens with zero attached hydrogens (tertiary/aromatic N) is 2. The largest absolute Gasteiger partial charge is 0.456 e. The first-order valence-corrected chi connectivity index (χ1v) is 20.5. The van der Waals surface area contributed by atoms with Crippen LogP contribution in [0.25, 0.3) is 0 Å². The highest BCUT2D eigenvalue weighted by atomic mass is 32.2. The van der Waals surface area contributed by atoms with Gasteiger partial charge in [0.2, 0.25) is 11.8 Å². The van der Waals surface area contributed by atoms with Gasteiger partial charge in [0.05, 0.1) is 17.7 Å². The van der Waals surface area contributed by atoms with Gasteiger partial charge in [0, 0.05) is 11.1 Å². The number of thiazole rings is 1. The number of hydrogen-bond donors (Lipinski definition) is 2. The summed E-state index contributed by atoms with van der Waals surface area (Å²) in [5.74, 6) is -0.129. The number of cyclic esters (lactones) is 1. The van der Waals surface area contributed by atoms with Gasteiger partial charge < -0.3 is 15.4 Å². The molecule has 0 radical (unpaired) electrons. The highest BCUT2D eigenvalue weighted by Gasteiger charge is 2.42. The second-order valence-electron chi connectivity index (χ2n) is 13.5. The number of carbonyl (C=O) groups excluding carboxylic acids is 3. The Bertz CT molecular complexity index is 1800. The van der Waals surface area contributed by atoms with Crippen molar-refractivity contribution >= 4 is 57.7 Å². The van der Waals surface area contributed by atoms with Crippen LogP contribution in [0.5, 0.6) is 0 Å². The molecule has 2 amide bonds. The van der Waals surface area contributed by atoms with E-state index in [9.17, 15) is 14.4 Å². The number of carbonyl (C=O) groups is 3. The van der Waals surface area contributed by atoms with Gasteiger partial charge in [-0.15, -0.1) is 34.9 Å². The molecule has 0 saturated heterocycles. The number of fused-ring (bicyclic) bond motifs is 4. The summed E-state index contributed by atoms with van der Waals surface area (Å²) in [6.45, 7) is 5.74. The zero-order valence-electron chi connectivity index (χ0n) is 29.6. The van der Waals surface area contributed by atoms with E-state index >= 15 is 0 Å². The molecule has 0 saturated carbocycles. The lowest BCUT2D eigenvalue weighted by Crippen LogP contribution is -2.53. The summed E-state index contributed by atoms with van der Waals surface area (Å²) < 4.78 is 5.56. The Kier molecular flexibility index (Phi) is 12.3. The maximum atomic E-state index is 13.6. The van der Waals surface area contributed by atoms with Crippen LogP contribution in [0.2, 0.25) is 0 Å². The van der Waals surface area contributed by atoms with Crippen molar-refractivity contribution in [2.24, 2.45) is 10.9 Å². The van der Waals surface area contributed by atoms with E-state index in [1.54, 1.807) is 13.0 Å². The molecule has 3 atom stereocenters. The Morgan fingerprint density at radius 1 is 0.962 bits per heavy atom. The second kappa shape index (κ2) is 17.1. The van der Waals surface area contributed by atoms with Gasteiger partial charge >= 0.3 is 5.97 Å². The Morgan fingerprint density at radius 3 is 2.17 bits per heavy atom. The SMILES string of the molecule is CC(C)[C@@H]1NC(=O)[C@]2(C)CSC(=N2)c2csc(n2)CNC(=O)CC(/C=C/CCCSC(c2ccccc2)(c2ccccc2)c2ccccc2)OC1=O. The van der Waals surface area contributed by atoms with Crippen LogP contribution in [0.4, 0.5) is 0 Å². The maximum absolute atomic E-state index is 13.6. The third kappa shape index (κ3) is 8.70. The van der Waals surface area contributed by atoms with Crippen molar-refractivity contribution in [3.05, 3.63) is 136 Å². The van der Waals surface area contributed by atoms with Crippen molar-refractivity contribution in [1.29, 1.82) is 0 Å². The average molecular weight is 753 g/mol. The quantitative estimate of drug-likeness (QED) is 0.0747. The van der Waals surface area contributed by atoms with E-state index < -0.39 is 28.4 Å². The second-order valence-corrected chi connectivity index (χ2v) is 16.7. The zero-order valence-corrected chi connectivity index (χ0v) is 32.1. The number of rotatable bonds is 10. The number of nitrogens with one attached hydrogen (secondary N) is 2. The van der Waals surface area contributed by atoms with E-state index in [4.69, 9.17) is 9.73 Å². The Morgan fingerprint density at radius 2 is 1.58 bits per heavy atom. The summed E-state index contributed by atoms with van der Waals surface area (Å²) in [4.78, 5) is 49.6. The molecule has 1 aromatic heterocycles. The van der Waals surface area contributed by atoms with E-state index in [2.05, 4.69) is 88.4 Å². The van der Waals surface area contributed by atoms with Gasteiger partial charge in [-0.25, -0.2) is 9.78 Å². The number of aromatic nitrogens is 1. The monoisotopic (exact) mass is 752 g/mol. The molecule has 3 aromatic carbocycles. The number of esters is 1. The van der Waals surface area contributed by atoms with Crippen LogP contribution in [-0.2, 0) is 30.4 Å². The highest BCUT2D eigenvalue weighted by molar-refractivity contribution is 8.14. The van der Waals surface area contributed by atoms with Crippen molar-refractivity contribution in [2.75, 3.05) is 11.5 Å². The number of amides is 2. The minimum Gasteiger partial charge on any atom is -0.456 e. The van der Waals surface area contributed by atoms with Crippen LogP contribution in [0, 0.1) is 5.92 Å². The van der Waals surface area contributed by atoms with Crippen molar-refractivity contribution in [3.63, 3.8) is 0 Å². The average Bonchev–Trinajstić information content (AvgIpc) is 3.81. The van der Waals surface area contributed by atoms with Crippen molar-refractivity contribution < 1.29 is 19.1 Å². The molecule has 3 heterocycles. The Hall–Kier alpha value is -4.19. The molecule has 11 heteroatoms. The molecule has 6 rings (SSSR count). The lowest BCUT2D eigenvalue weighted by atomic mass is 9.84. The summed E-state index contributed by atoms with van der Waals surface area (Å²) in [5.41, 5.74) is 3.29. The zero-order chi connectivity index (χ0) is 36.6. The standard InChI is InChI=1S/C41H44N4O4S3/c1-28(2)36-38(47)49-32(24-34(46)42-25-35-43-33(26-50-35)37-45-40(3,27-51-37)39(48)44-36)22-14-7-15-23-52-41(29-16-8-4-9-17-29,30-18-10-5-11-19-30)31-20-12-6-13-21-31/h4-6,8-14,16-22,26,28,32,36H,7,15,23-25,27H2,1-3H3,(H,42,46)(H,44,48)/b22-14+/t32?,36-,40-/m0/s1. The predicted octanol–water partition coefficient (Wildman–Crippen LogP) is 7.53. The molecule has 0 spiro atoms. The molecule has 52 heavy (non-hydrogen) atoms. The van der Waals surface area contributed by atoms with Gasteiger partial charge in [-0.1, -0.05) is 111 Å². The maximum Gasteiger partial charge on any atom is 0.329 e. The summed E-state index contributed by atoms with van der Waals surface area (Å²) in [6, 6.07) is 31.0. The van der Waals surface area contributed by atoms with Crippen LogP contribution < -0.4 is 10.6 Å². The van der Waals surface area contributed by atoms with Gasteiger partial charge in [-0.05, 0) is 54.2 Å². The van der Waals surface area contributed by atoms with Crippen LogP contribution in [-0.4, -0.2) is 57.0 Å². The summed E-state index contributed by atoms with van der Waals surface area (Å²) in [5, 5.41) is 9.15. The van der Waals surface area contributed by atoms with E-state index in [0.717, 1.165) is 23.6 Å². The van der Waals surface area contributed by atoms with Crippen molar-refractivity contribution in [3.8, 4) is 0 Å². The molecule has 0 aliphatic carbocycles. The fourth-order valence-electron chi connectivity index (χ4n) is 6.27. The van der Waals surface area contributed by atoms with Gasteiger partial charge in [-0.2, -0.15) is 0 Å². The summed E-state index contributed by atoms with van der Waals surface area (Å²) in [6.07, 6.45) is 4.52. The van der Waals surface area contributed by atoms with Crippen LogP contribution in [0.15, 0.2) is 114 Å². The minimum atomic E-state index is -1.04. The summed E-state index contributed by atoms with van der Waals surface area (Å²) >= 11 is 4.79. The Balaban J connectivity index is 1.18. The first-order valence-electron chi connectivity index (χ1n) is 17.6. The molecular weight excluding hydrogens is 709 g/mol. The highest BCUT2D eigenvalue weighted by Crippen LogP contribution is 2.48. The number of thioether (sulfide) groups is 2. The molecule has 4 aromatic rings. The Labute approximate surface area is 318 Å². The molecule has 2 aliphatic heterocycles. The normalized spacial score (nSPS) is 21.5. The number of aliphatic imine (C=N–C) groups is 1. The molecule has 2 aliphatic rings. The molecule has 2 N–H and O–H groups in total. The van der Waals surface area contributed by atoms with Gasteiger partial charge in [0.15, 0.2) is 0 Å². The van der Waals surface area contributed by atoms with Crippen LogP contribution >= 0.6 is 34.9 Å². The predicted molar refractivity (Wildman–Crippen MR) is 213 cm³/mol. The smallest absolute Gasteiger partial charge is 0.329 e. The fourth-order valence-corrected chi connectivity index (χ4v) is 9.72. The third-order valence-electron chi connectivity index (χ3n) is 9.12. The number of ether oxygens (including phenoxy) is 1. The molecule has 8 nitrogen and oxygen atoms in total. The summed E-state index contributed by atoms with van der Waals surface area (Å²) in [7, 11) is 0. The fraction of sp³-hybridized carbons (Fsp3) is 0.341. The van der Waals surface area contributed by atoms with Gasteiger partial charge in [-0.3, -0.25) is 14.6 Å². The first kappa shape index (κ1) is 37.6. The van der Waals surface area contributed by atoms with E-state index in [1.807, 2.05) is 55.3 Å². The van der Waals surface area contributed by atoms with Gasteiger partial charge in [0.1, 0.15) is 33.4 Å². The van der Waals surface area contributed by atoms with E-state index in [1.165, 1.54) is 39.8 Å². The van der Waals surface area contributed by atoms with E-state index in [0.29, 0.717) is 16.5 Å². The van der Waals surface area contributed by atoms with Crippen molar-refractivity contribution in [2.45, 2.75) is 69.0 Å². The molecule has 0 fully saturated rings. The van der Waals surface area contributed by atoms with Gasteiger partial charge in [0.25, 0.3) is 0 Å². The van der Waals surface area contributed by atoms with Crippen LogP contribution in [0.1, 0.15) is 67.4 Å². The minimum absolute atomic E-state index is 0.0482. The number of hydrogen-bond acceptors (Lipinski definition) is 9. The topological polar surface area (TPSA) is 110 Å². The molecular formula is C41H44N4O4S3.